The van der Waals surface area contributed by atoms with E-state index in [-0.39, 0.29) is 11.7 Å². The van der Waals surface area contributed by atoms with Crippen LogP contribution in [0.4, 0.5) is 0 Å². The minimum Gasteiger partial charge on any atom is -0.335 e. The molecule has 1 aliphatic rings. The molecule has 1 saturated heterocycles. The van der Waals surface area contributed by atoms with Crippen molar-refractivity contribution < 1.29 is 4.79 Å². The zero-order chi connectivity index (χ0) is 16.7. The second-order valence-corrected chi connectivity index (χ2v) is 6.33. The Bertz CT molecular complexity index is 917. The minimum absolute atomic E-state index is 0.115. The van der Waals surface area contributed by atoms with E-state index in [1.807, 2.05) is 24.0 Å². The highest BCUT2D eigenvalue weighted by Gasteiger charge is 2.30. The number of aryl methyl sites for hydroxylation is 2. The number of benzene rings is 1. The van der Waals surface area contributed by atoms with Gasteiger partial charge in [0.2, 0.25) is 5.82 Å². The Morgan fingerprint density at radius 2 is 2.04 bits per heavy atom. The number of carbonyl (C=O) groups is 1. The number of hydrogen-bond donors (Lipinski definition) is 0. The maximum absolute atomic E-state index is 12.7. The van der Waals surface area contributed by atoms with Gasteiger partial charge in [-0.1, -0.05) is 24.3 Å². The first-order valence-electron chi connectivity index (χ1n) is 8.16. The summed E-state index contributed by atoms with van der Waals surface area (Å²) in [7, 11) is 0. The first kappa shape index (κ1) is 14.8. The average molecular weight is 321 g/mol. The van der Waals surface area contributed by atoms with Crippen molar-refractivity contribution in [1.82, 2.24) is 24.5 Å². The van der Waals surface area contributed by atoms with E-state index in [0.717, 1.165) is 18.7 Å². The van der Waals surface area contributed by atoms with E-state index in [2.05, 4.69) is 40.2 Å². The number of nitrogens with zero attached hydrogens (tertiary/aromatic N) is 5. The normalized spacial score (nSPS) is 17.6. The first-order chi connectivity index (χ1) is 11.6. The van der Waals surface area contributed by atoms with Gasteiger partial charge in [0.15, 0.2) is 0 Å². The number of likely N-dealkylation sites (tertiary alicyclic amines) is 1. The molecule has 2 aromatic heterocycles. The van der Waals surface area contributed by atoms with Gasteiger partial charge in [0.25, 0.3) is 11.7 Å². The second kappa shape index (κ2) is 5.70. The highest BCUT2D eigenvalue weighted by Crippen LogP contribution is 2.29. The number of fused-ring (bicyclic) bond motifs is 1. The van der Waals surface area contributed by atoms with Gasteiger partial charge in [0.1, 0.15) is 0 Å². The van der Waals surface area contributed by atoms with Crippen LogP contribution in [-0.4, -0.2) is 43.5 Å². The van der Waals surface area contributed by atoms with Gasteiger partial charge < -0.3 is 4.90 Å². The van der Waals surface area contributed by atoms with Crippen LogP contribution in [0.25, 0.3) is 5.78 Å². The zero-order valence-electron chi connectivity index (χ0n) is 13.8. The lowest BCUT2D eigenvalue weighted by molar-refractivity contribution is 0.0779. The van der Waals surface area contributed by atoms with E-state index >= 15 is 0 Å². The van der Waals surface area contributed by atoms with Gasteiger partial charge in [0.05, 0.1) is 0 Å². The van der Waals surface area contributed by atoms with Crippen LogP contribution >= 0.6 is 0 Å². The van der Waals surface area contributed by atoms with Crippen molar-refractivity contribution in [2.75, 3.05) is 13.1 Å². The summed E-state index contributed by atoms with van der Waals surface area (Å²) in [6.45, 7) is 5.49. The second-order valence-electron chi connectivity index (χ2n) is 6.33. The highest BCUT2D eigenvalue weighted by molar-refractivity contribution is 5.91. The van der Waals surface area contributed by atoms with Crippen molar-refractivity contribution in [2.45, 2.75) is 26.2 Å². The van der Waals surface area contributed by atoms with Crippen LogP contribution in [0.2, 0.25) is 0 Å². The quantitative estimate of drug-likeness (QED) is 0.727. The Kier molecular flexibility index (Phi) is 3.52. The molecule has 24 heavy (non-hydrogen) atoms. The monoisotopic (exact) mass is 321 g/mol. The van der Waals surface area contributed by atoms with Crippen LogP contribution < -0.4 is 0 Å². The van der Waals surface area contributed by atoms with Crippen molar-refractivity contribution in [1.29, 1.82) is 0 Å². The van der Waals surface area contributed by atoms with Gasteiger partial charge in [-0.3, -0.25) is 4.79 Å². The van der Waals surface area contributed by atoms with Crippen LogP contribution in [0.1, 0.15) is 39.8 Å². The summed E-state index contributed by atoms with van der Waals surface area (Å²) in [4.78, 5) is 23.0. The van der Waals surface area contributed by atoms with Crippen LogP contribution in [0.5, 0.6) is 0 Å². The van der Waals surface area contributed by atoms with Gasteiger partial charge in [-0.05, 0) is 37.5 Å². The van der Waals surface area contributed by atoms with E-state index < -0.39 is 0 Å². The molecule has 1 aliphatic heterocycles. The van der Waals surface area contributed by atoms with E-state index in [0.29, 0.717) is 18.2 Å². The topological polar surface area (TPSA) is 63.4 Å². The Hall–Kier alpha value is -2.76. The predicted octanol–water partition coefficient (Wildman–Crippen LogP) is 2.37. The highest BCUT2D eigenvalue weighted by atomic mass is 16.2. The Labute approximate surface area is 140 Å². The minimum atomic E-state index is -0.115. The molecule has 122 valence electrons. The summed E-state index contributed by atoms with van der Waals surface area (Å²) in [6, 6.07) is 10.2. The SMILES string of the molecule is Cc1ccccc1C1CCN(C(=O)c2nc3nccc(C)n3n2)C1. The number of hydrogen-bond acceptors (Lipinski definition) is 4. The first-order valence-corrected chi connectivity index (χ1v) is 8.16. The maximum Gasteiger partial charge on any atom is 0.293 e. The third-order valence-electron chi connectivity index (χ3n) is 4.72. The average Bonchev–Trinajstić information content (AvgIpc) is 3.22. The summed E-state index contributed by atoms with van der Waals surface area (Å²) < 4.78 is 1.61. The van der Waals surface area contributed by atoms with Crippen molar-refractivity contribution >= 4 is 11.7 Å². The molecule has 4 rings (SSSR count). The predicted molar refractivity (Wildman–Crippen MR) is 90.0 cm³/mol. The Morgan fingerprint density at radius 1 is 1.21 bits per heavy atom. The standard InChI is InChI=1S/C18H19N5O/c1-12-5-3-4-6-15(12)14-8-10-22(11-14)17(24)16-20-18-19-9-7-13(2)23(18)21-16/h3-7,9,14H,8,10-11H2,1-2H3. The maximum atomic E-state index is 12.7. The molecule has 1 aromatic carbocycles. The van der Waals surface area contributed by atoms with Gasteiger partial charge in [0, 0.05) is 30.9 Å². The third kappa shape index (κ3) is 2.44. The number of amides is 1. The molecule has 1 amide bonds. The molecule has 0 spiro atoms. The van der Waals surface area contributed by atoms with E-state index in [4.69, 9.17) is 0 Å². The lowest BCUT2D eigenvalue weighted by Crippen LogP contribution is -2.29. The van der Waals surface area contributed by atoms with Crippen molar-refractivity contribution in [2.24, 2.45) is 0 Å². The summed E-state index contributed by atoms with van der Waals surface area (Å²) in [5.74, 6) is 0.957. The molecule has 0 radical (unpaired) electrons. The molecule has 0 aliphatic carbocycles. The lowest BCUT2D eigenvalue weighted by Gasteiger charge is -2.16. The molecule has 3 aromatic rings. The number of carbonyl (C=O) groups excluding carboxylic acids is 1. The third-order valence-corrected chi connectivity index (χ3v) is 4.72. The zero-order valence-corrected chi connectivity index (χ0v) is 13.8. The number of aromatic nitrogens is 4. The Morgan fingerprint density at radius 3 is 2.83 bits per heavy atom. The lowest BCUT2D eigenvalue weighted by atomic mass is 9.94. The fraction of sp³-hybridized carbons (Fsp3) is 0.333. The molecule has 6 heteroatoms. The van der Waals surface area contributed by atoms with Crippen molar-refractivity contribution in [3.05, 3.63) is 59.2 Å². The van der Waals surface area contributed by atoms with Crippen LogP contribution in [-0.2, 0) is 0 Å². The summed E-state index contributed by atoms with van der Waals surface area (Å²) in [5.41, 5.74) is 3.52. The molecule has 3 heterocycles. The van der Waals surface area contributed by atoms with Crippen molar-refractivity contribution in [3.63, 3.8) is 0 Å². The van der Waals surface area contributed by atoms with Gasteiger partial charge in [-0.2, -0.15) is 4.98 Å². The molecule has 0 bridgehead atoms. The largest absolute Gasteiger partial charge is 0.335 e. The molecule has 6 nitrogen and oxygen atoms in total. The molecular formula is C18H19N5O. The molecule has 1 atom stereocenters. The fourth-order valence-electron chi connectivity index (χ4n) is 3.38. The van der Waals surface area contributed by atoms with Crippen LogP contribution in [0.15, 0.2) is 36.5 Å². The Balaban J connectivity index is 1.57. The van der Waals surface area contributed by atoms with E-state index in [1.165, 1.54) is 11.1 Å². The molecular weight excluding hydrogens is 302 g/mol. The van der Waals surface area contributed by atoms with E-state index in [1.54, 1.807) is 10.7 Å². The van der Waals surface area contributed by atoms with Crippen LogP contribution in [0.3, 0.4) is 0 Å². The van der Waals surface area contributed by atoms with E-state index in [9.17, 15) is 4.79 Å². The van der Waals surface area contributed by atoms with Gasteiger partial charge in [-0.15, -0.1) is 5.10 Å². The fourth-order valence-corrected chi connectivity index (χ4v) is 3.38. The number of rotatable bonds is 2. The van der Waals surface area contributed by atoms with Crippen LogP contribution in [0, 0.1) is 13.8 Å². The smallest absolute Gasteiger partial charge is 0.293 e. The summed E-state index contributed by atoms with van der Waals surface area (Å²) in [6.07, 6.45) is 2.65. The van der Waals surface area contributed by atoms with Crippen molar-refractivity contribution in [3.8, 4) is 0 Å². The summed E-state index contributed by atoms with van der Waals surface area (Å²) in [5, 5.41) is 4.32. The van der Waals surface area contributed by atoms with Gasteiger partial charge in [-0.25, -0.2) is 9.50 Å². The summed E-state index contributed by atoms with van der Waals surface area (Å²) >= 11 is 0. The molecule has 0 N–H and O–H groups in total. The molecule has 1 unspecified atom stereocenters. The molecule has 0 saturated carbocycles. The molecule has 1 fully saturated rings. The van der Waals surface area contributed by atoms with Gasteiger partial charge >= 0.3 is 0 Å².